The Balaban J connectivity index is 2.25. The molecule has 0 aromatic rings. The topological polar surface area (TPSA) is 31.2 Å². The monoisotopic (exact) mass is 140 g/mol. The van der Waals surface area contributed by atoms with E-state index >= 15 is 0 Å². The Kier molecular flexibility index (Phi) is 2.87. The van der Waals surface area contributed by atoms with E-state index in [4.69, 9.17) is 0 Å². The fourth-order valence-corrected chi connectivity index (χ4v) is 1.30. The molecule has 1 fully saturated rings. The standard InChI is InChI=1S/C8H14NO/c1-2-4-8(10)7-5-3-6-9-7/h7H,2-6H2,1H3. The first-order valence-corrected chi connectivity index (χ1v) is 4.04. The zero-order valence-electron chi connectivity index (χ0n) is 6.47. The minimum Gasteiger partial charge on any atom is -0.298 e. The molecule has 2 heteroatoms. The molecule has 0 aromatic heterocycles. The van der Waals surface area contributed by atoms with Crippen LogP contribution in [0.25, 0.3) is 0 Å². The largest absolute Gasteiger partial charge is 0.298 e. The second kappa shape index (κ2) is 3.71. The molecule has 0 aliphatic carbocycles. The average molecular weight is 140 g/mol. The number of hydrogen-bond donors (Lipinski definition) is 0. The highest BCUT2D eigenvalue weighted by atomic mass is 16.1. The smallest absolute Gasteiger partial charge is 0.151 e. The molecule has 0 amide bonds. The maximum absolute atomic E-state index is 11.2. The maximum atomic E-state index is 11.2. The Bertz CT molecular complexity index is 116. The lowest BCUT2D eigenvalue weighted by molar-refractivity contribution is -0.120. The van der Waals surface area contributed by atoms with Crippen LogP contribution in [0, 0.1) is 0 Å². The van der Waals surface area contributed by atoms with Crippen molar-refractivity contribution in [1.29, 1.82) is 0 Å². The minimum atomic E-state index is 0.0694. The Labute approximate surface area is 62.0 Å². The molecule has 1 rings (SSSR count). The average Bonchev–Trinajstić information content (AvgIpc) is 2.38. The van der Waals surface area contributed by atoms with Crippen LogP contribution in [0.5, 0.6) is 0 Å². The lowest BCUT2D eigenvalue weighted by atomic mass is 10.1. The first kappa shape index (κ1) is 7.73. The number of nitrogens with zero attached hydrogens (tertiary/aromatic N) is 1. The van der Waals surface area contributed by atoms with Gasteiger partial charge in [0.05, 0.1) is 6.04 Å². The van der Waals surface area contributed by atoms with Gasteiger partial charge in [0.25, 0.3) is 0 Å². The summed E-state index contributed by atoms with van der Waals surface area (Å²) >= 11 is 0. The minimum absolute atomic E-state index is 0.0694. The second-order valence-electron chi connectivity index (χ2n) is 2.78. The van der Waals surface area contributed by atoms with Crippen molar-refractivity contribution < 1.29 is 4.79 Å². The second-order valence-corrected chi connectivity index (χ2v) is 2.78. The summed E-state index contributed by atoms with van der Waals surface area (Å²) in [7, 11) is 0. The first-order valence-electron chi connectivity index (χ1n) is 4.04. The van der Waals surface area contributed by atoms with Crippen molar-refractivity contribution in [1.82, 2.24) is 5.32 Å². The van der Waals surface area contributed by atoms with Crippen LogP contribution < -0.4 is 5.32 Å². The molecule has 0 bridgehead atoms. The summed E-state index contributed by atoms with van der Waals surface area (Å²) in [4.78, 5) is 11.2. The van der Waals surface area contributed by atoms with Crippen LogP contribution in [0.3, 0.4) is 0 Å². The van der Waals surface area contributed by atoms with Gasteiger partial charge in [0.2, 0.25) is 0 Å². The summed E-state index contributed by atoms with van der Waals surface area (Å²) in [6.45, 7) is 2.94. The first-order chi connectivity index (χ1) is 4.84. The van der Waals surface area contributed by atoms with E-state index in [9.17, 15) is 4.79 Å². The quantitative estimate of drug-likeness (QED) is 0.578. The molecule has 0 aromatic carbocycles. The summed E-state index contributed by atoms with van der Waals surface area (Å²) in [5, 5.41) is 4.20. The van der Waals surface area contributed by atoms with E-state index in [2.05, 4.69) is 5.32 Å². The van der Waals surface area contributed by atoms with Crippen molar-refractivity contribution in [2.24, 2.45) is 0 Å². The van der Waals surface area contributed by atoms with Crippen LogP contribution >= 0.6 is 0 Å². The predicted molar refractivity (Wildman–Crippen MR) is 39.9 cm³/mol. The molecule has 0 N–H and O–H groups in total. The van der Waals surface area contributed by atoms with Crippen LogP contribution in [0.4, 0.5) is 0 Å². The molecule has 1 heterocycles. The maximum Gasteiger partial charge on any atom is 0.151 e. The molecule has 1 atom stereocenters. The van der Waals surface area contributed by atoms with Crippen molar-refractivity contribution in [3.63, 3.8) is 0 Å². The fraction of sp³-hybridized carbons (Fsp3) is 0.875. The van der Waals surface area contributed by atoms with E-state index in [0.717, 1.165) is 25.8 Å². The SMILES string of the molecule is CCCC(=O)C1CCC[N]1. The summed E-state index contributed by atoms with van der Waals surface area (Å²) in [6.07, 6.45) is 3.79. The van der Waals surface area contributed by atoms with Crippen LogP contribution in [0.2, 0.25) is 0 Å². The van der Waals surface area contributed by atoms with E-state index in [1.165, 1.54) is 0 Å². The third-order valence-electron chi connectivity index (χ3n) is 1.85. The van der Waals surface area contributed by atoms with Crippen LogP contribution in [0.1, 0.15) is 32.6 Å². The van der Waals surface area contributed by atoms with Gasteiger partial charge in [-0.25, -0.2) is 5.32 Å². The zero-order chi connectivity index (χ0) is 7.40. The molecule has 1 radical (unpaired) electrons. The van der Waals surface area contributed by atoms with E-state index in [-0.39, 0.29) is 6.04 Å². The zero-order valence-corrected chi connectivity index (χ0v) is 6.47. The van der Waals surface area contributed by atoms with Crippen LogP contribution in [-0.4, -0.2) is 18.4 Å². The van der Waals surface area contributed by atoms with Gasteiger partial charge in [-0.1, -0.05) is 6.92 Å². The van der Waals surface area contributed by atoms with E-state index < -0.39 is 0 Å². The molecular weight excluding hydrogens is 126 g/mol. The molecule has 1 saturated heterocycles. The number of carbonyl (C=O) groups excluding carboxylic acids is 1. The number of Topliss-reactive ketones (excluding diaryl/α,β-unsaturated/α-hetero) is 1. The fourth-order valence-electron chi connectivity index (χ4n) is 1.30. The third-order valence-corrected chi connectivity index (χ3v) is 1.85. The van der Waals surface area contributed by atoms with E-state index in [1.807, 2.05) is 6.92 Å². The highest BCUT2D eigenvalue weighted by Crippen LogP contribution is 2.10. The van der Waals surface area contributed by atoms with Gasteiger partial charge in [0.1, 0.15) is 0 Å². The lowest BCUT2D eigenvalue weighted by Gasteiger charge is -2.04. The Hall–Kier alpha value is -0.370. The normalized spacial score (nSPS) is 25.1. The van der Waals surface area contributed by atoms with Gasteiger partial charge in [0.15, 0.2) is 5.78 Å². The highest BCUT2D eigenvalue weighted by molar-refractivity contribution is 5.84. The molecule has 0 saturated carbocycles. The number of carbonyl (C=O) groups is 1. The summed E-state index contributed by atoms with van der Waals surface area (Å²) in [5.41, 5.74) is 0. The molecule has 0 spiro atoms. The van der Waals surface area contributed by atoms with Crippen LogP contribution in [0.15, 0.2) is 0 Å². The molecule has 1 unspecified atom stereocenters. The Morgan fingerprint density at radius 1 is 1.70 bits per heavy atom. The van der Waals surface area contributed by atoms with Gasteiger partial charge in [-0.3, -0.25) is 4.79 Å². The van der Waals surface area contributed by atoms with Gasteiger partial charge in [-0.2, -0.15) is 0 Å². The van der Waals surface area contributed by atoms with Gasteiger partial charge in [-0.15, -0.1) is 0 Å². The Morgan fingerprint density at radius 2 is 2.50 bits per heavy atom. The number of rotatable bonds is 3. The van der Waals surface area contributed by atoms with Crippen molar-refractivity contribution in [2.75, 3.05) is 6.54 Å². The van der Waals surface area contributed by atoms with E-state index in [1.54, 1.807) is 0 Å². The van der Waals surface area contributed by atoms with Crippen molar-refractivity contribution in [3.8, 4) is 0 Å². The molecular formula is C8H14NO. The van der Waals surface area contributed by atoms with Gasteiger partial charge < -0.3 is 0 Å². The van der Waals surface area contributed by atoms with Crippen molar-refractivity contribution in [3.05, 3.63) is 0 Å². The third kappa shape index (κ3) is 1.81. The summed E-state index contributed by atoms with van der Waals surface area (Å²) in [5.74, 6) is 0.347. The summed E-state index contributed by atoms with van der Waals surface area (Å²) < 4.78 is 0. The molecule has 2 nitrogen and oxygen atoms in total. The summed E-state index contributed by atoms with van der Waals surface area (Å²) in [6, 6.07) is 0.0694. The molecule has 1 aliphatic rings. The van der Waals surface area contributed by atoms with Gasteiger partial charge in [-0.05, 0) is 19.3 Å². The molecule has 57 valence electrons. The Morgan fingerprint density at radius 3 is 3.00 bits per heavy atom. The van der Waals surface area contributed by atoms with Crippen molar-refractivity contribution >= 4 is 5.78 Å². The molecule has 10 heavy (non-hydrogen) atoms. The van der Waals surface area contributed by atoms with Gasteiger partial charge in [0, 0.05) is 13.0 Å². The van der Waals surface area contributed by atoms with Crippen molar-refractivity contribution in [2.45, 2.75) is 38.6 Å². The van der Waals surface area contributed by atoms with Crippen LogP contribution in [-0.2, 0) is 4.79 Å². The van der Waals surface area contributed by atoms with E-state index in [0.29, 0.717) is 12.2 Å². The lowest BCUT2D eigenvalue weighted by Crippen LogP contribution is -2.24. The number of ketones is 1. The van der Waals surface area contributed by atoms with Gasteiger partial charge >= 0.3 is 0 Å². The highest BCUT2D eigenvalue weighted by Gasteiger charge is 2.21. The predicted octanol–water partition coefficient (Wildman–Crippen LogP) is 1.12. The number of hydrogen-bond acceptors (Lipinski definition) is 1. The molecule has 1 aliphatic heterocycles.